The number of rotatable bonds is 6. The fourth-order valence-electron chi connectivity index (χ4n) is 2.54. The van der Waals surface area contributed by atoms with Crippen LogP contribution in [0.1, 0.15) is 16.7 Å². The standard InChI is InChI=1S/C17H20FNO3S/c1-12-10-13(2)17(14(3)11-12)23(20,21)19-8-9-22-16-6-4-15(18)5-7-16/h4-7,10-11,19H,8-9H2,1-3H3. The van der Waals surface area contributed by atoms with E-state index in [-0.39, 0.29) is 19.0 Å². The van der Waals surface area contributed by atoms with Crippen LogP contribution in [0, 0.1) is 26.6 Å². The molecule has 2 aromatic carbocycles. The number of benzene rings is 2. The zero-order valence-electron chi connectivity index (χ0n) is 13.4. The second-order valence-electron chi connectivity index (χ2n) is 5.43. The molecule has 0 aromatic heterocycles. The monoisotopic (exact) mass is 337 g/mol. The molecule has 0 aliphatic rings. The van der Waals surface area contributed by atoms with Crippen LogP contribution in [-0.2, 0) is 10.0 Å². The van der Waals surface area contributed by atoms with Gasteiger partial charge in [0.1, 0.15) is 18.2 Å². The molecule has 0 saturated carbocycles. The fraction of sp³-hybridized carbons (Fsp3) is 0.294. The number of hydrogen-bond donors (Lipinski definition) is 1. The second-order valence-corrected chi connectivity index (χ2v) is 7.13. The van der Waals surface area contributed by atoms with Crippen molar-refractivity contribution in [3.8, 4) is 5.75 Å². The summed E-state index contributed by atoms with van der Waals surface area (Å²) in [6.45, 7) is 5.79. The molecule has 0 fully saturated rings. The van der Waals surface area contributed by atoms with Crippen LogP contribution >= 0.6 is 0 Å². The normalized spacial score (nSPS) is 11.5. The molecule has 0 spiro atoms. The second kappa shape index (κ2) is 7.10. The van der Waals surface area contributed by atoms with E-state index in [4.69, 9.17) is 4.74 Å². The lowest BCUT2D eigenvalue weighted by atomic mass is 10.1. The van der Waals surface area contributed by atoms with E-state index in [1.165, 1.54) is 24.3 Å². The number of halogens is 1. The van der Waals surface area contributed by atoms with Crippen LogP contribution < -0.4 is 9.46 Å². The van der Waals surface area contributed by atoms with Gasteiger partial charge in [-0.25, -0.2) is 17.5 Å². The number of ether oxygens (including phenoxy) is 1. The molecular weight excluding hydrogens is 317 g/mol. The minimum atomic E-state index is -3.59. The van der Waals surface area contributed by atoms with Crippen molar-refractivity contribution in [1.29, 1.82) is 0 Å². The Labute approximate surface area is 136 Å². The van der Waals surface area contributed by atoms with Crippen molar-refractivity contribution in [2.24, 2.45) is 0 Å². The molecule has 0 saturated heterocycles. The fourth-order valence-corrected chi connectivity index (χ4v) is 4.00. The average molecular weight is 337 g/mol. The highest BCUT2D eigenvalue weighted by Gasteiger charge is 2.19. The van der Waals surface area contributed by atoms with E-state index < -0.39 is 10.0 Å². The van der Waals surface area contributed by atoms with E-state index >= 15 is 0 Å². The Morgan fingerprint density at radius 1 is 1.04 bits per heavy atom. The van der Waals surface area contributed by atoms with Gasteiger partial charge in [-0.3, -0.25) is 0 Å². The van der Waals surface area contributed by atoms with Gasteiger partial charge in [0.15, 0.2) is 0 Å². The first-order valence-electron chi connectivity index (χ1n) is 7.25. The molecule has 0 unspecified atom stereocenters. The Balaban J connectivity index is 1.98. The van der Waals surface area contributed by atoms with Crippen molar-refractivity contribution >= 4 is 10.0 Å². The molecule has 2 aromatic rings. The predicted molar refractivity (Wildman–Crippen MR) is 87.7 cm³/mol. The summed E-state index contributed by atoms with van der Waals surface area (Å²) in [7, 11) is -3.59. The Morgan fingerprint density at radius 2 is 1.61 bits per heavy atom. The number of sulfonamides is 1. The molecule has 0 aliphatic heterocycles. The molecule has 2 rings (SSSR count). The molecule has 0 atom stereocenters. The van der Waals surface area contributed by atoms with Gasteiger partial charge in [0.05, 0.1) is 4.90 Å². The Kier molecular flexibility index (Phi) is 5.38. The van der Waals surface area contributed by atoms with Gasteiger partial charge in [-0.2, -0.15) is 0 Å². The van der Waals surface area contributed by atoms with Crippen LogP contribution in [0.25, 0.3) is 0 Å². The van der Waals surface area contributed by atoms with Gasteiger partial charge in [-0.05, 0) is 56.2 Å². The Morgan fingerprint density at radius 3 is 2.17 bits per heavy atom. The van der Waals surface area contributed by atoms with Gasteiger partial charge in [0, 0.05) is 6.54 Å². The van der Waals surface area contributed by atoms with Crippen molar-refractivity contribution in [2.75, 3.05) is 13.2 Å². The van der Waals surface area contributed by atoms with E-state index in [0.29, 0.717) is 10.6 Å². The topological polar surface area (TPSA) is 55.4 Å². The molecule has 0 bridgehead atoms. The molecule has 0 aliphatic carbocycles. The zero-order chi connectivity index (χ0) is 17.0. The lowest BCUT2D eigenvalue weighted by Gasteiger charge is -2.13. The SMILES string of the molecule is Cc1cc(C)c(S(=O)(=O)NCCOc2ccc(F)cc2)c(C)c1. The molecule has 23 heavy (non-hydrogen) atoms. The molecular formula is C17H20FNO3S. The molecule has 6 heteroatoms. The van der Waals surface area contributed by atoms with Gasteiger partial charge in [0.25, 0.3) is 0 Å². The van der Waals surface area contributed by atoms with Crippen molar-refractivity contribution in [2.45, 2.75) is 25.7 Å². The highest BCUT2D eigenvalue weighted by atomic mass is 32.2. The average Bonchev–Trinajstić information content (AvgIpc) is 2.44. The van der Waals surface area contributed by atoms with Crippen LogP contribution in [0.4, 0.5) is 4.39 Å². The third-order valence-corrected chi connectivity index (χ3v) is 5.12. The molecule has 0 heterocycles. The summed E-state index contributed by atoms with van der Waals surface area (Å²) in [4.78, 5) is 0.310. The van der Waals surface area contributed by atoms with Crippen molar-refractivity contribution in [3.05, 3.63) is 58.9 Å². The summed E-state index contributed by atoms with van der Waals surface area (Å²) >= 11 is 0. The molecule has 1 N–H and O–H groups in total. The van der Waals surface area contributed by atoms with Crippen LogP contribution in [0.5, 0.6) is 5.75 Å². The molecule has 124 valence electrons. The van der Waals surface area contributed by atoms with E-state index in [2.05, 4.69) is 4.72 Å². The Bertz CT molecular complexity index is 763. The quantitative estimate of drug-likeness (QED) is 0.824. The van der Waals surface area contributed by atoms with Gasteiger partial charge in [-0.1, -0.05) is 17.7 Å². The smallest absolute Gasteiger partial charge is 0.241 e. The summed E-state index contributed by atoms with van der Waals surface area (Å²) in [5.41, 5.74) is 2.46. The highest BCUT2D eigenvalue weighted by Crippen LogP contribution is 2.21. The predicted octanol–water partition coefficient (Wildman–Crippen LogP) is 3.11. The highest BCUT2D eigenvalue weighted by molar-refractivity contribution is 7.89. The van der Waals surface area contributed by atoms with Gasteiger partial charge >= 0.3 is 0 Å². The van der Waals surface area contributed by atoms with Crippen LogP contribution in [0.3, 0.4) is 0 Å². The van der Waals surface area contributed by atoms with E-state index in [1.807, 2.05) is 19.1 Å². The maximum Gasteiger partial charge on any atom is 0.241 e. The first-order valence-corrected chi connectivity index (χ1v) is 8.74. The maximum atomic E-state index is 12.8. The molecule has 0 amide bonds. The summed E-state index contributed by atoms with van der Waals surface area (Å²) in [5, 5.41) is 0. The van der Waals surface area contributed by atoms with Crippen molar-refractivity contribution in [1.82, 2.24) is 4.72 Å². The van der Waals surface area contributed by atoms with Gasteiger partial charge in [0.2, 0.25) is 10.0 Å². The van der Waals surface area contributed by atoms with Crippen LogP contribution in [0.15, 0.2) is 41.3 Å². The van der Waals surface area contributed by atoms with E-state index in [0.717, 1.165) is 16.7 Å². The maximum absolute atomic E-state index is 12.8. The summed E-state index contributed by atoms with van der Waals surface area (Å²) in [6, 6.07) is 9.26. The minimum absolute atomic E-state index is 0.131. The zero-order valence-corrected chi connectivity index (χ0v) is 14.2. The summed E-state index contributed by atoms with van der Waals surface area (Å²) in [6.07, 6.45) is 0. The lowest BCUT2D eigenvalue weighted by Crippen LogP contribution is -2.29. The van der Waals surface area contributed by atoms with E-state index in [9.17, 15) is 12.8 Å². The first kappa shape index (κ1) is 17.4. The number of aryl methyl sites for hydroxylation is 3. The molecule has 0 radical (unpaired) electrons. The van der Waals surface area contributed by atoms with Crippen molar-refractivity contribution in [3.63, 3.8) is 0 Å². The van der Waals surface area contributed by atoms with Crippen LogP contribution in [-0.4, -0.2) is 21.6 Å². The van der Waals surface area contributed by atoms with Gasteiger partial charge < -0.3 is 4.74 Å². The van der Waals surface area contributed by atoms with Crippen LogP contribution in [0.2, 0.25) is 0 Å². The minimum Gasteiger partial charge on any atom is -0.492 e. The Hall–Kier alpha value is -1.92. The number of nitrogens with one attached hydrogen (secondary N) is 1. The third kappa shape index (κ3) is 4.53. The molecule has 4 nitrogen and oxygen atoms in total. The van der Waals surface area contributed by atoms with E-state index in [1.54, 1.807) is 13.8 Å². The van der Waals surface area contributed by atoms with Crippen molar-refractivity contribution < 1.29 is 17.5 Å². The summed E-state index contributed by atoms with van der Waals surface area (Å²) < 4.78 is 45.5. The largest absolute Gasteiger partial charge is 0.492 e. The van der Waals surface area contributed by atoms with Gasteiger partial charge in [-0.15, -0.1) is 0 Å². The number of hydrogen-bond acceptors (Lipinski definition) is 3. The first-order chi connectivity index (χ1) is 10.8. The third-order valence-electron chi connectivity index (χ3n) is 3.35. The summed E-state index contributed by atoms with van der Waals surface area (Å²) in [5.74, 6) is 0.150. The lowest BCUT2D eigenvalue weighted by molar-refractivity contribution is 0.322.